The van der Waals surface area contributed by atoms with Crippen molar-refractivity contribution < 1.29 is 9.72 Å². The van der Waals surface area contributed by atoms with E-state index in [2.05, 4.69) is 0 Å². The molecule has 1 saturated heterocycles. The van der Waals surface area contributed by atoms with Crippen LogP contribution in [0.25, 0.3) is 0 Å². The van der Waals surface area contributed by atoms with E-state index in [1.807, 2.05) is 29.6 Å². The summed E-state index contributed by atoms with van der Waals surface area (Å²) in [5.74, 6) is 3.38. The zero-order valence-electron chi connectivity index (χ0n) is 12.2. The smallest absolute Gasteiger partial charge is 0.274 e. The first-order valence-electron chi connectivity index (χ1n) is 7.43. The van der Waals surface area contributed by atoms with Crippen LogP contribution in [0.1, 0.15) is 18.4 Å². The zero-order chi connectivity index (χ0) is 15.5. The Labute approximate surface area is 138 Å². The number of hydrogen-bond donors (Lipinski definition) is 0. The van der Waals surface area contributed by atoms with Gasteiger partial charge < -0.3 is 4.90 Å². The number of nitrogens with zero attached hydrogens (tertiary/aromatic N) is 2. The molecule has 1 amide bonds. The number of carbonyl (C=O) groups excluding carboxylic acids is 1. The molecule has 7 heteroatoms. The molecule has 1 aromatic carbocycles. The van der Waals surface area contributed by atoms with E-state index in [-0.39, 0.29) is 16.5 Å². The summed E-state index contributed by atoms with van der Waals surface area (Å²) in [6.07, 6.45) is 1.99. The lowest BCUT2D eigenvalue weighted by Crippen LogP contribution is -2.37. The molecule has 2 aliphatic heterocycles. The van der Waals surface area contributed by atoms with Gasteiger partial charge in [-0.15, -0.1) is 0 Å². The van der Waals surface area contributed by atoms with Gasteiger partial charge in [-0.2, -0.15) is 23.5 Å². The highest BCUT2D eigenvalue weighted by Gasteiger charge is 2.29. The molecule has 0 radical (unpaired) electrons. The fourth-order valence-electron chi connectivity index (χ4n) is 3.00. The van der Waals surface area contributed by atoms with E-state index >= 15 is 0 Å². The number of amides is 1. The molecule has 22 heavy (non-hydrogen) atoms. The zero-order valence-corrected chi connectivity index (χ0v) is 13.8. The van der Waals surface area contributed by atoms with Gasteiger partial charge in [0, 0.05) is 41.5 Å². The SMILES string of the molecule is O=C(C[C@@H]1CSCCS1)N1CCCc2c1cccc2[N+](=O)[O-]. The molecule has 2 heterocycles. The Kier molecular flexibility index (Phi) is 4.93. The quantitative estimate of drug-likeness (QED) is 0.626. The van der Waals surface area contributed by atoms with E-state index in [0.717, 1.165) is 29.4 Å². The van der Waals surface area contributed by atoms with Crippen LogP contribution < -0.4 is 4.90 Å². The molecule has 1 aromatic rings. The van der Waals surface area contributed by atoms with Gasteiger partial charge in [0.25, 0.3) is 5.69 Å². The van der Waals surface area contributed by atoms with E-state index < -0.39 is 0 Å². The Bertz CT molecular complexity index is 588. The second kappa shape index (κ2) is 6.91. The van der Waals surface area contributed by atoms with Crippen molar-refractivity contribution >= 4 is 40.8 Å². The first kappa shape index (κ1) is 15.7. The maximum atomic E-state index is 12.6. The second-order valence-corrected chi connectivity index (χ2v) is 8.01. The van der Waals surface area contributed by atoms with E-state index in [0.29, 0.717) is 30.2 Å². The van der Waals surface area contributed by atoms with Gasteiger partial charge >= 0.3 is 0 Å². The van der Waals surface area contributed by atoms with Crippen LogP contribution in [0.3, 0.4) is 0 Å². The molecule has 2 aliphatic rings. The van der Waals surface area contributed by atoms with Crippen LogP contribution in [0, 0.1) is 10.1 Å². The van der Waals surface area contributed by atoms with Crippen LogP contribution in [0.4, 0.5) is 11.4 Å². The largest absolute Gasteiger partial charge is 0.312 e. The van der Waals surface area contributed by atoms with Crippen molar-refractivity contribution in [3.63, 3.8) is 0 Å². The molecule has 0 bridgehead atoms. The van der Waals surface area contributed by atoms with Crippen molar-refractivity contribution in [3.8, 4) is 0 Å². The van der Waals surface area contributed by atoms with Crippen molar-refractivity contribution in [2.24, 2.45) is 0 Å². The van der Waals surface area contributed by atoms with Crippen LogP contribution in [-0.2, 0) is 11.2 Å². The molecule has 0 spiro atoms. The summed E-state index contributed by atoms with van der Waals surface area (Å²) in [7, 11) is 0. The number of fused-ring (bicyclic) bond motifs is 1. The number of anilines is 1. The van der Waals surface area contributed by atoms with Gasteiger partial charge in [-0.05, 0) is 18.9 Å². The fourth-order valence-corrected chi connectivity index (χ4v) is 5.67. The highest BCUT2D eigenvalue weighted by atomic mass is 32.2. The predicted octanol–water partition coefficient (Wildman–Crippen LogP) is 3.11. The first-order chi connectivity index (χ1) is 10.7. The summed E-state index contributed by atoms with van der Waals surface area (Å²) >= 11 is 3.77. The Morgan fingerprint density at radius 2 is 2.27 bits per heavy atom. The van der Waals surface area contributed by atoms with Gasteiger partial charge in [-0.3, -0.25) is 14.9 Å². The summed E-state index contributed by atoms with van der Waals surface area (Å²) < 4.78 is 0. The average Bonchev–Trinajstić information content (AvgIpc) is 2.54. The number of benzene rings is 1. The molecule has 0 saturated carbocycles. The number of thioether (sulfide) groups is 2. The highest BCUT2D eigenvalue weighted by Crippen LogP contribution is 2.35. The van der Waals surface area contributed by atoms with Crippen LogP contribution in [0.15, 0.2) is 18.2 Å². The number of nitro groups is 1. The van der Waals surface area contributed by atoms with Crippen molar-refractivity contribution in [3.05, 3.63) is 33.9 Å². The minimum atomic E-state index is -0.347. The minimum absolute atomic E-state index is 0.0986. The van der Waals surface area contributed by atoms with Crippen LogP contribution >= 0.6 is 23.5 Å². The molecule has 3 rings (SSSR count). The van der Waals surface area contributed by atoms with Gasteiger partial charge in [-0.25, -0.2) is 0 Å². The Balaban J connectivity index is 1.80. The molecule has 0 unspecified atom stereocenters. The molecule has 1 atom stereocenters. The molecule has 118 valence electrons. The monoisotopic (exact) mass is 338 g/mol. The van der Waals surface area contributed by atoms with Crippen molar-refractivity contribution in [1.82, 2.24) is 0 Å². The van der Waals surface area contributed by atoms with Crippen LogP contribution in [0.2, 0.25) is 0 Å². The average molecular weight is 338 g/mol. The third-order valence-electron chi connectivity index (χ3n) is 4.01. The minimum Gasteiger partial charge on any atom is -0.312 e. The highest BCUT2D eigenvalue weighted by molar-refractivity contribution is 8.06. The van der Waals surface area contributed by atoms with Gasteiger partial charge in [-0.1, -0.05) is 6.07 Å². The van der Waals surface area contributed by atoms with Crippen molar-refractivity contribution in [2.75, 3.05) is 28.7 Å². The summed E-state index contributed by atoms with van der Waals surface area (Å²) in [6.45, 7) is 0.664. The second-order valence-electron chi connectivity index (χ2n) is 5.45. The number of hydrogen-bond acceptors (Lipinski definition) is 5. The first-order valence-corrected chi connectivity index (χ1v) is 9.63. The number of rotatable bonds is 3. The third kappa shape index (κ3) is 3.25. The van der Waals surface area contributed by atoms with E-state index in [4.69, 9.17) is 0 Å². The van der Waals surface area contributed by atoms with Crippen LogP contribution in [0.5, 0.6) is 0 Å². The molecule has 0 aromatic heterocycles. The van der Waals surface area contributed by atoms with Crippen molar-refractivity contribution in [2.45, 2.75) is 24.5 Å². The standard InChI is InChI=1S/C15H18N2O3S2/c18-15(9-11-10-21-7-8-22-11)16-6-2-3-12-13(16)4-1-5-14(12)17(19)20/h1,4-5,11H,2-3,6-10H2/t11-/m1/s1. The third-order valence-corrected chi connectivity index (χ3v) is 6.86. The predicted molar refractivity (Wildman–Crippen MR) is 92.0 cm³/mol. The van der Waals surface area contributed by atoms with E-state index in [9.17, 15) is 14.9 Å². The van der Waals surface area contributed by atoms with E-state index in [1.54, 1.807) is 11.0 Å². The Morgan fingerprint density at radius 1 is 1.41 bits per heavy atom. The van der Waals surface area contributed by atoms with E-state index in [1.165, 1.54) is 6.07 Å². The summed E-state index contributed by atoms with van der Waals surface area (Å²) in [5, 5.41) is 11.5. The molecule has 0 N–H and O–H groups in total. The Morgan fingerprint density at radius 3 is 3.00 bits per heavy atom. The maximum absolute atomic E-state index is 12.6. The fraction of sp³-hybridized carbons (Fsp3) is 0.533. The van der Waals surface area contributed by atoms with Gasteiger partial charge in [0.2, 0.25) is 5.91 Å². The normalized spacial score (nSPS) is 21.3. The summed E-state index contributed by atoms with van der Waals surface area (Å²) in [4.78, 5) is 25.2. The lowest BCUT2D eigenvalue weighted by Gasteiger charge is -2.31. The lowest BCUT2D eigenvalue weighted by atomic mass is 9.99. The van der Waals surface area contributed by atoms with Gasteiger partial charge in [0.05, 0.1) is 16.2 Å². The Hall–Kier alpha value is -1.21. The lowest BCUT2D eigenvalue weighted by molar-refractivity contribution is -0.385. The van der Waals surface area contributed by atoms with Crippen LogP contribution in [-0.4, -0.2) is 39.9 Å². The molecule has 1 fully saturated rings. The topological polar surface area (TPSA) is 63.5 Å². The molecule has 0 aliphatic carbocycles. The van der Waals surface area contributed by atoms with Crippen molar-refractivity contribution in [1.29, 1.82) is 0 Å². The number of nitro benzene ring substituents is 1. The summed E-state index contributed by atoms with van der Waals surface area (Å²) in [6, 6.07) is 5.04. The summed E-state index contributed by atoms with van der Waals surface area (Å²) in [5.41, 5.74) is 1.58. The molecular weight excluding hydrogens is 320 g/mol. The molecular formula is C15H18N2O3S2. The number of carbonyl (C=O) groups is 1. The molecule has 5 nitrogen and oxygen atoms in total. The van der Waals surface area contributed by atoms with Gasteiger partial charge in [0.15, 0.2) is 0 Å². The van der Waals surface area contributed by atoms with Gasteiger partial charge in [0.1, 0.15) is 0 Å². The maximum Gasteiger partial charge on any atom is 0.274 e.